The van der Waals surface area contributed by atoms with Gasteiger partial charge in [-0.2, -0.15) is 5.26 Å². The Morgan fingerprint density at radius 3 is 2.64 bits per heavy atom. The Labute approximate surface area is 131 Å². The third-order valence-electron chi connectivity index (χ3n) is 4.49. The van der Waals surface area contributed by atoms with Gasteiger partial charge in [0, 0.05) is 19.3 Å². The lowest BCUT2D eigenvalue weighted by Gasteiger charge is -2.37. The predicted molar refractivity (Wildman–Crippen MR) is 82.8 cm³/mol. The van der Waals surface area contributed by atoms with Gasteiger partial charge in [0.2, 0.25) is 5.91 Å². The molecule has 2 rings (SSSR count). The molecule has 5 heteroatoms. The summed E-state index contributed by atoms with van der Waals surface area (Å²) in [6.07, 6.45) is 2.42. The molecule has 1 aliphatic rings. The average Bonchev–Trinajstić information content (AvgIpc) is 2.55. The molecule has 5 nitrogen and oxygen atoms in total. The number of aliphatic hydroxyl groups is 1. The maximum Gasteiger partial charge on any atom is 0.225 e. The Balaban J connectivity index is 2.00. The first-order valence-corrected chi connectivity index (χ1v) is 7.77. The molecule has 1 unspecified atom stereocenters. The summed E-state index contributed by atoms with van der Waals surface area (Å²) in [5.74, 6) is 0.0363. The summed E-state index contributed by atoms with van der Waals surface area (Å²) in [5, 5.41) is 19.4. The van der Waals surface area contributed by atoms with Gasteiger partial charge >= 0.3 is 0 Å². The molecule has 1 atom stereocenters. The number of carbonyl (C=O) groups excluding carboxylic acids is 1. The summed E-state index contributed by atoms with van der Waals surface area (Å²) in [6.45, 7) is 4.87. The third kappa shape index (κ3) is 3.45. The molecular weight excluding hydrogens is 278 g/mol. The largest absolute Gasteiger partial charge is 0.392 e. The molecule has 1 fully saturated rings. The van der Waals surface area contributed by atoms with Gasteiger partial charge in [0.15, 0.2) is 0 Å². The molecule has 0 bridgehead atoms. The first-order valence-electron chi connectivity index (χ1n) is 7.77. The van der Waals surface area contributed by atoms with Crippen LogP contribution in [0.2, 0.25) is 0 Å². The average molecular weight is 301 g/mol. The van der Waals surface area contributed by atoms with Crippen molar-refractivity contribution in [3.63, 3.8) is 0 Å². The number of likely N-dealkylation sites (tertiary alicyclic amines) is 1. The Bertz CT molecular complexity index is 543. The van der Waals surface area contributed by atoms with E-state index >= 15 is 0 Å². The Morgan fingerprint density at radius 2 is 2.14 bits per heavy atom. The molecule has 2 heterocycles. The van der Waals surface area contributed by atoms with E-state index in [2.05, 4.69) is 11.1 Å². The molecule has 1 N–H and O–H groups in total. The molecule has 1 amide bonds. The van der Waals surface area contributed by atoms with Gasteiger partial charge in [-0.15, -0.1) is 0 Å². The zero-order valence-electron chi connectivity index (χ0n) is 13.2. The highest BCUT2D eigenvalue weighted by molar-refractivity contribution is 5.76. The van der Waals surface area contributed by atoms with E-state index in [9.17, 15) is 15.2 Å². The first kappa shape index (κ1) is 16.4. The smallest absolute Gasteiger partial charge is 0.225 e. The SMILES string of the molecule is CC(C)C(O)CC(=O)N1CCC(C#N)(c2ccccn2)CC1. The molecule has 0 radical (unpaired) electrons. The summed E-state index contributed by atoms with van der Waals surface area (Å²) in [4.78, 5) is 18.3. The minimum Gasteiger partial charge on any atom is -0.392 e. The van der Waals surface area contributed by atoms with E-state index in [1.807, 2.05) is 32.0 Å². The van der Waals surface area contributed by atoms with Crippen molar-refractivity contribution in [3.8, 4) is 6.07 Å². The zero-order valence-corrected chi connectivity index (χ0v) is 13.2. The second-order valence-corrected chi connectivity index (χ2v) is 6.31. The van der Waals surface area contributed by atoms with Crippen LogP contribution in [0.5, 0.6) is 0 Å². The molecule has 118 valence electrons. The molecule has 0 aromatic carbocycles. The standard InChI is InChI=1S/C17H23N3O2/c1-13(2)14(21)11-16(22)20-9-6-17(12-18,7-10-20)15-5-3-4-8-19-15/h3-5,8,13-14,21H,6-7,9-11H2,1-2H3. The van der Waals surface area contributed by atoms with Crippen LogP contribution >= 0.6 is 0 Å². The fourth-order valence-electron chi connectivity index (χ4n) is 2.75. The topological polar surface area (TPSA) is 77.2 Å². The summed E-state index contributed by atoms with van der Waals surface area (Å²) in [6, 6.07) is 8.00. The van der Waals surface area contributed by atoms with Crippen LogP contribution in [0.1, 0.15) is 38.8 Å². The molecule has 1 aromatic rings. The minimum atomic E-state index is -0.606. The van der Waals surface area contributed by atoms with Gasteiger partial charge in [-0.3, -0.25) is 9.78 Å². The van der Waals surface area contributed by atoms with Crippen molar-refractivity contribution in [3.05, 3.63) is 30.1 Å². The fraction of sp³-hybridized carbons (Fsp3) is 0.588. The van der Waals surface area contributed by atoms with Crippen LogP contribution < -0.4 is 0 Å². The van der Waals surface area contributed by atoms with Gasteiger partial charge in [0.05, 0.1) is 24.3 Å². The van der Waals surface area contributed by atoms with Crippen molar-refractivity contribution in [1.82, 2.24) is 9.88 Å². The van der Waals surface area contributed by atoms with Gasteiger partial charge in [0.25, 0.3) is 0 Å². The second kappa shape index (κ2) is 6.89. The predicted octanol–water partition coefficient (Wildman–Crippen LogP) is 1.87. The first-order chi connectivity index (χ1) is 10.5. The minimum absolute atomic E-state index is 0.0336. The number of aliphatic hydroxyl groups excluding tert-OH is 1. The molecule has 1 aliphatic heterocycles. The fourth-order valence-corrected chi connectivity index (χ4v) is 2.75. The van der Waals surface area contributed by atoms with Crippen molar-refractivity contribution < 1.29 is 9.90 Å². The van der Waals surface area contributed by atoms with Gasteiger partial charge in [-0.1, -0.05) is 19.9 Å². The van der Waals surface area contributed by atoms with Crippen molar-refractivity contribution in [2.75, 3.05) is 13.1 Å². The van der Waals surface area contributed by atoms with Crippen LogP contribution in [-0.2, 0) is 10.2 Å². The Kier molecular flexibility index (Phi) is 5.15. The lowest BCUT2D eigenvalue weighted by atomic mass is 9.76. The summed E-state index contributed by atoms with van der Waals surface area (Å²) in [5.41, 5.74) is 0.182. The van der Waals surface area contributed by atoms with Crippen LogP contribution in [0.15, 0.2) is 24.4 Å². The molecule has 0 spiro atoms. The molecule has 0 aliphatic carbocycles. The molecular formula is C17H23N3O2. The highest BCUT2D eigenvalue weighted by Gasteiger charge is 2.39. The van der Waals surface area contributed by atoms with Crippen molar-refractivity contribution >= 4 is 5.91 Å². The number of pyridine rings is 1. The van der Waals surface area contributed by atoms with E-state index < -0.39 is 11.5 Å². The van der Waals surface area contributed by atoms with Crippen LogP contribution in [-0.4, -0.2) is 40.1 Å². The Hall–Kier alpha value is -1.93. The number of hydrogen-bond donors (Lipinski definition) is 1. The number of piperidine rings is 1. The number of hydrogen-bond acceptors (Lipinski definition) is 4. The van der Waals surface area contributed by atoms with Crippen molar-refractivity contribution in [2.24, 2.45) is 5.92 Å². The molecule has 22 heavy (non-hydrogen) atoms. The molecule has 1 aromatic heterocycles. The Morgan fingerprint density at radius 1 is 1.45 bits per heavy atom. The second-order valence-electron chi connectivity index (χ2n) is 6.31. The summed E-state index contributed by atoms with van der Waals surface area (Å²) >= 11 is 0. The van der Waals surface area contributed by atoms with E-state index in [0.717, 1.165) is 5.69 Å². The van der Waals surface area contributed by atoms with E-state index in [0.29, 0.717) is 25.9 Å². The van der Waals surface area contributed by atoms with Crippen LogP contribution in [0.4, 0.5) is 0 Å². The molecule has 1 saturated heterocycles. The number of rotatable bonds is 4. The number of nitrogens with zero attached hydrogens (tertiary/aromatic N) is 3. The van der Waals surface area contributed by atoms with Crippen LogP contribution in [0.3, 0.4) is 0 Å². The third-order valence-corrected chi connectivity index (χ3v) is 4.49. The zero-order chi connectivity index (χ0) is 16.2. The summed E-state index contributed by atoms with van der Waals surface area (Å²) in [7, 11) is 0. The van der Waals surface area contributed by atoms with Gasteiger partial charge < -0.3 is 10.0 Å². The van der Waals surface area contributed by atoms with Gasteiger partial charge in [0.1, 0.15) is 5.41 Å². The number of carbonyl (C=O) groups is 1. The number of nitriles is 1. The lowest BCUT2D eigenvalue weighted by molar-refractivity contribution is -0.135. The lowest BCUT2D eigenvalue weighted by Crippen LogP contribution is -2.45. The number of amides is 1. The monoisotopic (exact) mass is 301 g/mol. The van der Waals surface area contributed by atoms with Gasteiger partial charge in [-0.25, -0.2) is 0 Å². The number of aromatic nitrogens is 1. The van der Waals surface area contributed by atoms with E-state index in [1.165, 1.54) is 0 Å². The molecule has 0 saturated carbocycles. The van der Waals surface area contributed by atoms with E-state index in [4.69, 9.17) is 0 Å². The quantitative estimate of drug-likeness (QED) is 0.921. The van der Waals surface area contributed by atoms with Crippen molar-refractivity contribution in [2.45, 2.75) is 44.6 Å². The maximum absolute atomic E-state index is 12.2. The normalized spacial score (nSPS) is 18.8. The maximum atomic E-state index is 12.2. The van der Waals surface area contributed by atoms with E-state index in [-0.39, 0.29) is 18.2 Å². The highest BCUT2D eigenvalue weighted by Crippen LogP contribution is 2.33. The van der Waals surface area contributed by atoms with Gasteiger partial charge in [-0.05, 0) is 30.9 Å². The van der Waals surface area contributed by atoms with Crippen LogP contribution in [0, 0.1) is 17.2 Å². The summed E-state index contributed by atoms with van der Waals surface area (Å²) < 4.78 is 0. The van der Waals surface area contributed by atoms with E-state index in [1.54, 1.807) is 11.1 Å². The highest BCUT2D eigenvalue weighted by atomic mass is 16.3. The van der Waals surface area contributed by atoms with Crippen LogP contribution in [0.25, 0.3) is 0 Å². The van der Waals surface area contributed by atoms with Crippen molar-refractivity contribution in [1.29, 1.82) is 5.26 Å².